The summed E-state index contributed by atoms with van der Waals surface area (Å²) in [7, 11) is -3.28. The average Bonchev–Trinajstić information content (AvgIpc) is 3.27. The number of carbonyl (C=O) groups is 1. The van der Waals surface area contributed by atoms with Gasteiger partial charge < -0.3 is 14.8 Å². The highest BCUT2D eigenvalue weighted by molar-refractivity contribution is 6.76. The maximum Gasteiger partial charge on any atom is 0.490 e. The van der Waals surface area contributed by atoms with Crippen LogP contribution in [0.5, 0.6) is 0 Å². The van der Waals surface area contributed by atoms with Gasteiger partial charge in [-0.05, 0) is 30.2 Å². The zero-order valence-electron chi connectivity index (χ0n) is 23.2. The third-order valence-electron chi connectivity index (χ3n) is 6.57. The van der Waals surface area contributed by atoms with Crippen LogP contribution in [0.1, 0.15) is 19.8 Å². The van der Waals surface area contributed by atoms with E-state index in [0.29, 0.717) is 18.6 Å². The van der Waals surface area contributed by atoms with Crippen LogP contribution in [0, 0.1) is 11.6 Å². The number of anilines is 2. The van der Waals surface area contributed by atoms with Crippen LogP contribution in [-0.4, -0.2) is 47.5 Å². The summed E-state index contributed by atoms with van der Waals surface area (Å²) >= 11 is 0. The smallest absolute Gasteiger partial charge is 0.423 e. The summed E-state index contributed by atoms with van der Waals surface area (Å²) < 4.78 is 38.5. The molecule has 4 rings (SSSR count). The predicted octanol–water partition coefficient (Wildman–Crippen LogP) is 5.44. The van der Waals surface area contributed by atoms with Crippen LogP contribution in [0.15, 0.2) is 60.7 Å². The highest BCUT2D eigenvalue weighted by atomic mass is 28.3. The second kappa shape index (κ2) is 12.4. The molecule has 0 spiro atoms. The highest BCUT2D eigenvalue weighted by Gasteiger charge is 2.31. The molecule has 0 bridgehead atoms. The lowest BCUT2D eigenvalue weighted by atomic mass is 9.78. The Morgan fingerprint density at radius 3 is 2.38 bits per heavy atom. The van der Waals surface area contributed by atoms with E-state index < -0.39 is 26.8 Å². The minimum atomic E-state index is -1.87. The van der Waals surface area contributed by atoms with Crippen molar-refractivity contribution in [2.75, 3.05) is 11.5 Å². The molecule has 3 aromatic carbocycles. The number of aromatic nitrogens is 2. The first-order valence-electron chi connectivity index (χ1n) is 13.3. The second-order valence-corrected chi connectivity index (χ2v) is 16.5. The molecule has 40 heavy (non-hydrogen) atoms. The van der Waals surface area contributed by atoms with Gasteiger partial charge >= 0.3 is 7.12 Å². The fraction of sp³-hybridized carbons (Fsp3) is 0.310. The van der Waals surface area contributed by atoms with E-state index in [0.717, 1.165) is 6.04 Å². The van der Waals surface area contributed by atoms with Gasteiger partial charge in [-0.3, -0.25) is 9.69 Å². The molecule has 7 nitrogen and oxygen atoms in total. The van der Waals surface area contributed by atoms with Crippen LogP contribution < -0.4 is 10.4 Å². The maximum absolute atomic E-state index is 15.9. The Hall–Kier alpha value is -3.38. The van der Waals surface area contributed by atoms with Crippen LogP contribution in [0.2, 0.25) is 25.7 Å². The van der Waals surface area contributed by atoms with Gasteiger partial charge in [0.25, 0.3) is 0 Å². The molecular formula is C29H34BF2N3O4Si. The summed E-state index contributed by atoms with van der Waals surface area (Å²) in [6, 6.07) is 17.2. The van der Waals surface area contributed by atoms with Crippen molar-refractivity contribution in [3.8, 4) is 11.1 Å². The molecule has 1 amide bonds. The Morgan fingerprint density at radius 1 is 1.05 bits per heavy atom. The van der Waals surface area contributed by atoms with E-state index in [9.17, 15) is 14.8 Å². The molecule has 11 heteroatoms. The SMILES string of the molecule is CCCC(=O)N(c1ccccc1B(O)O)c1nn(COCC[Si](C)(C)C)c2c(F)c(F)c(-c3ccccc3)cc12. The number of halogens is 2. The number of fused-ring (bicyclic) bond motifs is 1. The molecule has 0 saturated carbocycles. The Kier molecular flexibility index (Phi) is 9.19. The largest absolute Gasteiger partial charge is 0.490 e. The Labute approximate surface area is 234 Å². The predicted molar refractivity (Wildman–Crippen MR) is 158 cm³/mol. The molecule has 0 saturated heterocycles. The van der Waals surface area contributed by atoms with Gasteiger partial charge in [-0.2, -0.15) is 5.10 Å². The van der Waals surface area contributed by atoms with Crippen molar-refractivity contribution in [3.63, 3.8) is 0 Å². The number of carbonyl (C=O) groups excluding carboxylic acids is 1. The van der Waals surface area contributed by atoms with E-state index in [2.05, 4.69) is 24.7 Å². The van der Waals surface area contributed by atoms with Crippen molar-refractivity contribution in [1.82, 2.24) is 9.78 Å². The summed E-state index contributed by atoms with van der Waals surface area (Å²) in [5, 5.41) is 24.9. The Morgan fingerprint density at radius 2 is 1.73 bits per heavy atom. The molecule has 1 aromatic heterocycles. The molecule has 0 fully saturated rings. The van der Waals surface area contributed by atoms with Gasteiger partial charge in [-0.15, -0.1) is 0 Å². The summed E-state index contributed by atoms with van der Waals surface area (Å²) in [4.78, 5) is 14.8. The molecule has 0 aliphatic carbocycles. The normalized spacial score (nSPS) is 11.7. The summed E-state index contributed by atoms with van der Waals surface area (Å²) in [6.07, 6.45) is 0.627. The molecule has 4 aromatic rings. The summed E-state index contributed by atoms with van der Waals surface area (Å²) in [5.41, 5.74) is 0.601. The number of ether oxygens (including phenoxy) is 1. The quantitative estimate of drug-likeness (QED) is 0.187. The number of hydrogen-bond donors (Lipinski definition) is 2. The van der Waals surface area contributed by atoms with E-state index in [1.807, 2.05) is 6.92 Å². The van der Waals surface area contributed by atoms with Crippen molar-refractivity contribution in [2.45, 2.75) is 52.2 Å². The van der Waals surface area contributed by atoms with Crippen LogP contribution in [-0.2, 0) is 16.3 Å². The van der Waals surface area contributed by atoms with Gasteiger partial charge in [0.15, 0.2) is 17.5 Å². The zero-order chi connectivity index (χ0) is 29.0. The van der Waals surface area contributed by atoms with Gasteiger partial charge in [0, 0.05) is 37.5 Å². The summed E-state index contributed by atoms with van der Waals surface area (Å²) in [5.74, 6) is -2.48. The van der Waals surface area contributed by atoms with E-state index in [1.165, 1.54) is 21.7 Å². The lowest BCUT2D eigenvalue weighted by Gasteiger charge is -2.24. The van der Waals surface area contributed by atoms with Gasteiger partial charge in [0.1, 0.15) is 12.2 Å². The fourth-order valence-electron chi connectivity index (χ4n) is 4.47. The van der Waals surface area contributed by atoms with Crippen molar-refractivity contribution in [1.29, 1.82) is 0 Å². The molecule has 0 aliphatic heterocycles. The van der Waals surface area contributed by atoms with Crippen LogP contribution in [0.4, 0.5) is 20.3 Å². The van der Waals surface area contributed by atoms with Gasteiger partial charge in [-0.1, -0.05) is 75.1 Å². The minimum Gasteiger partial charge on any atom is -0.423 e. The molecule has 2 N–H and O–H groups in total. The lowest BCUT2D eigenvalue weighted by molar-refractivity contribution is -0.117. The molecule has 0 aliphatic rings. The number of para-hydroxylation sites is 1. The number of nitrogens with zero attached hydrogens (tertiary/aromatic N) is 3. The number of rotatable bonds is 11. The fourth-order valence-corrected chi connectivity index (χ4v) is 5.23. The third kappa shape index (κ3) is 6.33. The molecular weight excluding hydrogens is 531 g/mol. The van der Waals surface area contributed by atoms with Crippen LogP contribution in [0.3, 0.4) is 0 Å². The highest BCUT2D eigenvalue weighted by Crippen LogP contribution is 2.38. The van der Waals surface area contributed by atoms with Gasteiger partial charge in [0.2, 0.25) is 5.91 Å². The van der Waals surface area contributed by atoms with Crippen LogP contribution >= 0.6 is 0 Å². The van der Waals surface area contributed by atoms with Gasteiger partial charge in [0.05, 0.1) is 5.69 Å². The van der Waals surface area contributed by atoms with Crippen molar-refractivity contribution in [2.24, 2.45) is 0 Å². The van der Waals surface area contributed by atoms with E-state index in [1.54, 1.807) is 48.5 Å². The van der Waals surface area contributed by atoms with Gasteiger partial charge in [-0.25, -0.2) is 13.5 Å². The molecule has 210 valence electrons. The molecule has 0 atom stereocenters. The third-order valence-corrected chi connectivity index (χ3v) is 8.28. The number of benzene rings is 3. The van der Waals surface area contributed by atoms with E-state index in [-0.39, 0.29) is 52.5 Å². The Bertz CT molecular complexity index is 1490. The van der Waals surface area contributed by atoms with Crippen LogP contribution in [0.25, 0.3) is 22.0 Å². The molecule has 0 unspecified atom stereocenters. The van der Waals surface area contributed by atoms with E-state index in [4.69, 9.17) is 4.74 Å². The van der Waals surface area contributed by atoms with Crippen molar-refractivity contribution >= 4 is 49.0 Å². The number of amides is 1. The number of hydrogen-bond acceptors (Lipinski definition) is 5. The first kappa shape index (κ1) is 29.6. The maximum atomic E-state index is 15.9. The van der Waals surface area contributed by atoms with Crippen molar-refractivity contribution < 1.29 is 28.4 Å². The Balaban J connectivity index is 1.96. The zero-order valence-corrected chi connectivity index (χ0v) is 24.2. The van der Waals surface area contributed by atoms with Crippen molar-refractivity contribution in [3.05, 3.63) is 72.3 Å². The average molecular weight is 566 g/mol. The molecule has 0 radical (unpaired) electrons. The topological polar surface area (TPSA) is 87.8 Å². The summed E-state index contributed by atoms with van der Waals surface area (Å²) in [6.45, 7) is 8.75. The standard InChI is InChI=1S/C29H34BF2N3O4Si/c1-5-11-25(36)35(24-15-10-9-14-23(24)30(37)38)29-22-18-21(20-12-7-6-8-13-20)26(31)27(32)28(22)34(33-29)19-39-16-17-40(2,3)4/h6-10,12-15,18,37-38H,5,11,16-17,19H2,1-4H3. The molecule has 1 heterocycles. The monoisotopic (exact) mass is 565 g/mol. The van der Waals surface area contributed by atoms with E-state index >= 15 is 8.78 Å². The first-order valence-corrected chi connectivity index (χ1v) is 17.0. The second-order valence-electron chi connectivity index (χ2n) is 10.9. The first-order chi connectivity index (χ1) is 19.0. The lowest BCUT2D eigenvalue weighted by Crippen LogP contribution is -2.38. The minimum absolute atomic E-state index is 0.0180.